The molecule has 0 aliphatic carbocycles. The van der Waals surface area contributed by atoms with Gasteiger partial charge in [0.25, 0.3) is 0 Å². The summed E-state index contributed by atoms with van der Waals surface area (Å²) in [4.78, 5) is 13.0. The van der Waals surface area contributed by atoms with Gasteiger partial charge in [-0.05, 0) is 35.7 Å². The van der Waals surface area contributed by atoms with Gasteiger partial charge in [0, 0.05) is 18.3 Å². The summed E-state index contributed by atoms with van der Waals surface area (Å²) in [6.07, 6.45) is 0.750. The molecule has 0 saturated carbocycles. The number of amides is 1. The van der Waals surface area contributed by atoms with Crippen molar-refractivity contribution in [1.29, 1.82) is 0 Å². The molecule has 29 heavy (non-hydrogen) atoms. The highest BCUT2D eigenvalue weighted by atomic mass is 16.5. The van der Waals surface area contributed by atoms with Gasteiger partial charge in [0.15, 0.2) is 0 Å². The molecule has 0 aliphatic rings. The zero-order valence-corrected chi connectivity index (χ0v) is 16.7. The molecule has 0 fully saturated rings. The lowest BCUT2D eigenvalue weighted by Crippen LogP contribution is -2.34. The first-order chi connectivity index (χ1) is 14.2. The Labute approximate surface area is 171 Å². The van der Waals surface area contributed by atoms with Crippen LogP contribution in [0.2, 0.25) is 0 Å². The Bertz CT molecular complexity index is 928. The van der Waals surface area contributed by atoms with E-state index in [4.69, 9.17) is 9.47 Å². The molecule has 0 saturated heterocycles. The van der Waals surface area contributed by atoms with Gasteiger partial charge < -0.3 is 20.1 Å². The molecule has 0 aromatic heterocycles. The maximum atomic E-state index is 13.0. The van der Waals surface area contributed by atoms with Crippen molar-refractivity contribution in [2.24, 2.45) is 0 Å². The summed E-state index contributed by atoms with van der Waals surface area (Å²) in [6.45, 7) is 0.630. The zero-order valence-electron chi connectivity index (χ0n) is 16.7. The van der Waals surface area contributed by atoms with Crippen molar-refractivity contribution in [3.05, 3.63) is 90.0 Å². The molecule has 0 unspecified atom stereocenters. The number of anilines is 1. The molecule has 2 N–H and O–H groups in total. The number of hydrogen-bond donors (Lipinski definition) is 2. The maximum absolute atomic E-state index is 13.0. The summed E-state index contributed by atoms with van der Waals surface area (Å²) in [5.41, 5.74) is 2.71. The van der Waals surface area contributed by atoms with E-state index in [0.29, 0.717) is 18.0 Å². The number of rotatable bonds is 9. The second-order valence-corrected chi connectivity index (χ2v) is 6.58. The highest BCUT2D eigenvalue weighted by Crippen LogP contribution is 2.21. The standard InChI is InChI=1S/C24H26N2O3/c1-28-21-13-8-12-20(17-21)26-24(27)23(19-10-4-3-5-11-19)25-16-15-18-9-6-7-14-22(18)29-2/h3-14,17,23,25H,15-16H2,1-2H3,(H,26,27)/t23-/m1/s1. The molecule has 5 heteroatoms. The Morgan fingerprint density at radius 1 is 0.897 bits per heavy atom. The highest BCUT2D eigenvalue weighted by Gasteiger charge is 2.20. The van der Waals surface area contributed by atoms with Crippen LogP contribution in [0.1, 0.15) is 17.2 Å². The van der Waals surface area contributed by atoms with Crippen molar-refractivity contribution in [3.8, 4) is 11.5 Å². The number of para-hydroxylation sites is 1. The van der Waals surface area contributed by atoms with Gasteiger partial charge in [-0.25, -0.2) is 0 Å². The van der Waals surface area contributed by atoms with Crippen molar-refractivity contribution < 1.29 is 14.3 Å². The second kappa shape index (κ2) is 10.3. The number of benzene rings is 3. The molecule has 0 aliphatic heterocycles. The predicted octanol–water partition coefficient (Wildman–Crippen LogP) is 4.22. The molecule has 0 bridgehead atoms. The summed E-state index contributed by atoms with van der Waals surface area (Å²) in [5, 5.41) is 6.37. The minimum absolute atomic E-state index is 0.121. The Balaban J connectivity index is 1.71. The first kappa shape index (κ1) is 20.4. The SMILES string of the molecule is COc1cccc(NC(=O)[C@H](NCCc2ccccc2OC)c2ccccc2)c1. The Morgan fingerprint density at radius 2 is 1.66 bits per heavy atom. The van der Waals surface area contributed by atoms with Crippen molar-refractivity contribution in [2.75, 3.05) is 26.1 Å². The lowest BCUT2D eigenvalue weighted by atomic mass is 10.0. The predicted molar refractivity (Wildman–Crippen MR) is 116 cm³/mol. The average Bonchev–Trinajstić information content (AvgIpc) is 2.77. The lowest BCUT2D eigenvalue weighted by Gasteiger charge is -2.19. The number of hydrogen-bond acceptors (Lipinski definition) is 4. The average molecular weight is 390 g/mol. The van der Waals surface area contributed by atoms with E-state index in [0.717, 1.165) is 23.3 Å². The van der Waals surface area contributed by atoms with Gasteiger partial charge >= 0.3 is 0 Å². The van der Waals surface area contributed by atoms with Crippen LogP contribution in [0.3, 0.4) is 0 Å². The van der Waals surface area contributed by atoms with Crippen molar-refractivity contribution in [3.63, 3.8) is 0 Å². The van der Waals surface area contributed by atoms with E-state index in [-0.39, 0.29) is 5.91 Å². The Morgan fingerprint density at radius 3 is 2.41 bits per heavy atom. The number of methoxy groups -OCH3 is 2. The maximum Gasteiger partial charge on any atom is 0.246 e. The van der Waals surface area contributed by atoms with Gasteiger partial charge in [0.2, 0.25) is 5.91 Å². The van der Waals surface area contributed by atoms with Crippen LogP contribution in [-0.4, -0.2) is 26.7 Å². The third kappa shape index (κ3) is 5.59. The van der Waals surface area contributed by atoms with Crippen LogP contribution < -0.4 is 20.1 Å². The molecular formula is C24H26N2O3. The molecule has 1 atom stereocenters. The summed E-state index contributed by atoms with van der Waals surface area (Å²) >= 11 is 0. The second-order valence-electron chi connectivity index (χ2n) is 6.58. The molecule has 3 rings (SSSR count). The summed E-state index contributed by atoms with van der Waals surface area (Å²) in [6, 6.07) is 24.5. The van der Waals surface area contributed by atoms with Crippen LogP contribution in [-0.2, 0) is 11.2 Å². The van der Waals surface area contributed by atoms with Crippen LogP contribution >= 0.6 is 0 Å². The molecular weight excluding hydrogens is 364 g/mol. The monoisotopic (exact) mass is 390 g/mol. The molecule has 0 spiro atoms. The fourth-order valence-electron chi connectivity index (χ4n) is 3.18. The van der Waals surface area contributed by atoms with Crippen LogP contribution in [0, 0.1) is 0 Å². The molecule has 0 radical (unpaired) electrons. The zero-order chi connectivity index (χ0) is 20.5. The van der Waals surface area contributed by atoms with Crippen molar-refractivity contribution in [1.82, 2.24) is 5.32 Å². The largest absolute Gasteiger partial charge is 0.497 e. The van der Waals surface area contributed by atoms with Gasteiger partial charge in [-0.3, -0.25) is 4.79 Å². The van der Waals surface area contributed by atoms with E-state index in [1.165, 1.54) is 0 Å². The molecule has 3 aromatic rings. The molecule has 3 aromatic carbocycles. The van der Waals surface area contributed by atoms with E-state index in [2.05, 4.69) is 10.6 Å². The molecule has 1 amide bonds. The Kier molecular flexibility index (Phi) is 7.25. The number of ether oxygens (including phenoxy) is 2. The van der Waals surface area contributed by atoms with Gasteiger partial charge in [-0.15, -0.1) is 0 Å². The summed E-state index contributed by atoms with van der Waals surface area (Å²) in [7, 11) is 3.27. The number of carbonyl (C=O) groups is 1. The highest BCUT2D eigenvalue weighted by molar-refractivity contribution is 5.95. The van der Waals surface area contributed by atoms with Gasteiger partial charge in [0.1, 0.15) is 17.5 Å². The summed E-state index contributed by atoms with van der Waals surface area (Å²) in [5.74, 6) is 1.43. The van der Waals surface area contributed by atoms with E-state index < -0.39 is 6.04 Å². The molecule has 0 heterocycles. The van der Waals surface area contributed by atoms with Gasteiger partial charge in [-0.1, -0.05) is 54.6 Å². The first-order valence-corrected chi connectivity index (χ1v) is 9.56. The molecule has 150 valence electrons. The van der Waals surface area contributed by atoms with Crippen molar-refractivity contribution in [2.45, 2.75) is 12.5 Å². The minimum Gasteiger partial charge on any atom is -0.497 e. The molecule has 5 nitrogen and oxygen atoms in total. The van der Waals surface area contributed by atoms with Crippen LogP contribution in [0.5, 0.6) is 11.5 Å². The smallest absolute Gasteiger partial charge is 0.246 e. The quantitative estimate of drug-likeness (QED) is 0.574. The lowest BCUT2D eigenvalue weighted by molar-refractivity contribution is -0.118. The van der Waals surface area contributed by atoms with E-state index in [1.807, 2.05) is 72.8 Å². The third-order valence-corrected chi connectivity index (χ3v) is 4.67. The van der Waals surface area contributed by atoms with Gasteiger partial charge in [0.05, 0.1) is 14.2 Å². The third-order valence-electron chi connectivity index (χ3n) is 4.67. The first-order valence-electron chi connectivity index (χ1n) is 9.56. The summed E-state index contributed by atoms with van der Waals surface area (Å²) < 4.78 is 10.7. The van der Waals surface area contributed by atoms with E-state index >= 15 is 0 Å². The van der Waals surface area contributed by atoms with E-state index in [9.17, 15) is 4.79 Å². The number of nitrogens with one attached hydrogen (secondary N) is 2. The van der Waals surface area contributed by atoms with E-state index in [1.54, 1.807) is 20.3 Å². The Hall–Kier alpha value is -3.31. The van der Waals surface area contributed by atoms with Crippen LogP contribution in [0.15, 0.2) is 78.9 Å². The topological polar surface area (TPSA) is 59.6 Å². The van der Waals surface area contributed by atoms with Crippen molar-refractivity contribution >= 4 is 11.6 Å². The minimum atomic E-state index is -0.475. The fourth-order valence-corrected chi connectivity index (χ4v) is 3.18. The van der Waals surface area contributed by atoms with Gasteiger partial charge in [-0.2, -0.15) is 0 Å². The number of carbonyl (C=O) groups excluding carboxylic acids is 1. The normalized spacial score (nSPS) is 11.5. The van der Waals surface area contributed by atoms with Crippen LogP contribution in [0.25, 0.3) is 0 Å². The fraction of sp³-hybridized carbons (Fsp3) is 0.208. The van der Waals surface area contributed by atoms with Crippen LogP contribution in [0.4, 0.5) is 5.69 Å².